The Bertz CT molecular complexity index is 636. The molecular formula is C16H16O6. The molecule has 0 saturated heterocycles. The van der Waals surface area contributed by atoms with Gasteiger partial charge in [-0.25, -0.2) is 0 Å². The van der Waals surface area contributed by atoms with Gasteiger partial charge in [-0.1, -0.05) is 12.2 Å². The van der Waals surface area contributed by atoms with E-state index in [-0.39, 0.29) is 40.8 Å². The highest BCUT2D eigenvalue weighted by atomic mass is 16.5. The average molecular weight is 304 g/mol. The van der Waals surface area contributed by atoms with Gasteiger partial charge >= 0.3 is 0 Å². The lowest BCUT2D eigenvalue weighted by Crippen LogP contribution is -2.29. The zero-order valence-corrected chi connectivity index (χ0v) is 11.9. The summed E-state index contributed by atoms with van der Waals surface area (Å²) in [7, 11) is 1.42. The van der Waals surface area contributed by atoms with Crippen molar-refractivity contribution in [3.63, 3.8) is 0 Å². The second-order valence-electron chi connectivity index (χ2n) is 4.95. The fourth-order valence-electron chi connectivity index (χ4n) is 2.22. The largest absolute Gasteiger partial charge is 0.508 e. The molecule has 0 saturated carbocycles. The van der Waals surface area contributed by atoms with Crippen LogP contribution in [0.15, 0.2) is 30.4 Å². The van der Waals surface area contributed by atoms with Gasteiger partial charge in [-0.2, -0.15) is 0 Å². The number of allylic oxidation sites excluding steroid dienone is 2. The summed E-state index contributed by atoms with van der Waals surface area (Å²) in [4.78, 5) is 23.8. The minimum atomic E-state index is -0.613. The molecule has 2 unspecified atom stereocenters. The van der Waals surface area contributed by atoms with Gasteiger partial charge < -0.3 is 20.1 Å². The number of benzene rings is 1. The smallest absolute Gasteiger partial charge is 0.166 e. The molecule has 2 atom stereocenters. The van der Waals surface area contributed by atoms with Crippen LogP contribution in [0.4, 0.5) is 0 Å². The number of ether oxygens (including phenoxy) is 1. The van der Waals surface area contributed by atoms with E-state index in [2.05, 4.69) is 0 Å². The van der Waals surface area contributed by atoms with Gasteiger partial charge in [0.15, 0.2) is 11.6 Å². The molecular weight excluding hydrogens is 288 g/mol. The summed E-state index contributed by atoms with van der Waals surface area (Å²) < 4.78 is 4.95. The zero-order chi connectivity index (χ0) is 16.3. The predicted molar refractivity (Wildman–Crippen MR) is 78.5 cm³/mol. The van der Waals surface area contributed by atoms with Gasteiger partial charge in [-0.05, 0) is 12.2 Å². The number of carbonyl (C=O) groups is 2. The van der Waals surface area contributed by atoms with Crippen LogP contribution in [0.3, 0.4) is 0 Å². The number of Topliss-reactive ketones (excluding diaryl/α,β-unsaturated/α-hetero) is 1. The molecule has 0 heterocycles. The van der Waals surface area contributed by atoms with Crippen molar-refractivity contribution < 1.29 is 29.6 Å². The summed E-state index contributed by atoms with van der Waals surface area (Å²) in [5, 5.41) is 28.5. The number of hydrogen-bond donors (Lipinski definition) is 3. The maximum Gasteiger partial charge on any atom is 0.166 e. The van der Waals surface area contributed by atoms with E-state index < -0.39 is 12.0 Å². The number of phenols is 3. The molecule has 0 radical (unpaired) electrons. The summed E-state index contributed by atoms with van der Waals surface area (Å²) in [5.74, 6) is -2.08. The van der Waals surface area contributed by atoms with E-state index in [0.29, 0.717) is 0 Å². The molecule has 3 N–H and O–H groups in total. The van der Waals surface area contributed by atoms with Gasteiger partial charge in [0.1, 0.15) is 23.4 Å². The molecule has 0 aliphatic heterocycles. The first-order valence-electron chi connectivity index (χ1n) is 6.63. The van der Waals surface area contributed by atoms with Crippen LogP contribution in [0.5, 0.6) is 17.2 Å². The van der Waals surface area contributed by atoms with Crippen LogP contribution in [0.25, 0.3) is 6.08 Å². The molecule has 1 aromatic rings. The highest BCUT2D eigenvalue weighted by Crippen LogP contribution is 2.33. The molecule has 1 aliphatic rings. The summed E-state index contributed by atoms with van der Waals surface area (Å²) in [6.45, 7) is 0. The van der Waals surface area contributed by atoms with Crippen molar-refractivity contribution in [2.75, 3.05) is 7.11 Å². The van der Waals surface area contributed by atoms with Crippen molar-refractivity contribution in [2.45, 2.75) is 12.5 Å². The molecule has 0 spiro atoms. The fourth-order valence-corrected chi connectivity index (χ4v) is 2.22. The minimum Gasteiger partial charge on any atom is -0.508 e. The maximum atomic E-state index is 12.1. The van der Waals surface area contributed by atoms with E-state index in [9.17, 15) is 24.9 Å². The number of carbonyl (C=O) groups excluding carboxylic acids is 2. The molecule has 1 aromatic carbocycles. The van der Waals surface area contributed by atoms with Crippen LogP contribution < -0.4 is 0 Å². The second kappa shape index (κ2) is 6.44. The van der Waals surface area contributed by atoms with Gasteiger partial charge in [0.25, 0.3) is 0 Å². The van der Waals surface area contributed by atoms with Crippen LogP contribution in [-0.2, 0) is 14.3 Å². The van der Waals surface area contributed by atoms with Crippen LogP contribution in [0, 0.1) is 5.92 Å². The first-order valence-corrected chi connectivity index (χ1v) is 6.63. The van der Waals surface area contributed by atoms with Crippen LogP contribution in [0.2, 0.25) is 0 Å². The van der Waals surface area contributed by atoms with Crippen molar-refractivity contribution in [1.29, 1.82) is 0 Å². The number of ketones is 2. The highest BCUT2D eigenvalue weighted by Gasteiger charge is 2.26. The first kappa shape index (κ1) is 15.8. The van der Waals surface area contributed by atoms with Gasteiger partial charge in [0.05, 0.1) is 5.56 Å². The van der Waals surface area contributed by atoms with Crippen LogP contribution in [-0.4, -0.2) is 40.1 Å². The van der Waals surface area contributed by atoms with Gasteiger partial charge in [0, 0.05) is 31.6 Å². The molecule has 6 heteroatoms. The number of phenolic OH excluding ortho intramolecular Hbond substituents is 3. The third kappa shape index (κ3) is 3.35. The Morgan fingerprint density at radius 1 is 1.23 bits per heavy atom. The molecule has 22 heavy (non-hydrogen) atoms. The Hall–Kier alpha value is -2.60. The van der Waals surface area contributed by atoms with Crippen LogP contribution in [0.1, 0.15) is 12.0 Å². The second-order valence-corrected chi connectivity index (χ2v) is 4.95. The molecule has 0 amide bonds. The first-order chi connectivity index (χ1) is 10.4. The summed E-state index contributed by atoms with van der Waals surface area (Å²) in [5.41, 5.74) is 0.0204. The van der Waals surface area contributed by atoms with E-state index in [1.165, 1.54) is 25.3 Å². The van der Waals surface area contributed by atoms with Crippen molar-refractivity contribution in [3.05, 3.63) is 35.9 Å². The van der Waals surface area contributed by atoms with E-state index in [1.54, 1.807) is 6.08 Å². The fraction of sp³-hybridized carbons (Fsp3) is 0.250. The van der Waals surface area contributed by atoms with E-state index in [0.717, 1.165) is 12.1 Å². The Morgan fingerprint density at radius 3 is 2.41 bits per heavy atom. The van der Waals surface area contributed by atoms with Crippen LogP contribution >= 0.6 is 0 Å². The molecule has 0 bridgehead atoms. The lowest BCUT2D eigenvalue weighted by atomic mass is 9.89. The quantitative estimate of drug-likeness (QED) is 0.576. The summed E-state index contributed by atoms with van der Waals surface area (Å²) in [6, 6.07) is 2.11. The monoisotopic (exact) mass is 304 g/mol. The standard InChI is InChI=1S/C16H16O6/c1-22-16-5-2-9(6-15(16)21)12(18)4-3-11-13(19)7-10(17)8-14(11)20/h2-5,7-9,16-17,19-20H,6H2,1H3. The van der Waals surface area contributed by atoms with E-state index in [1.807, 2.05) is 0 Å². The van der Waals surface area contributed by atoms with Gasteiger partial charge in [-0.3, -0.25) is 9.59 Å². The van der Waals surface area contributed by atoms with Crippen molar-refractivity contribution in [1.82, 2.24) is 0 Å². The lowest BCUT2D eigenvalue weighted by Gasteiger charge is -2.18. The molecule has 116 valence electrons. The zero-order valence-electron chi connectivity index (χ0n) is 11.9. The number of rotatable bonds is 4. The average Bonchev–Trinajstić information content (AvgIpc) is 2.45. The van der Waals surface area contributed by atoms with Gasteiger partial charge in [-0.15, -0.1) is 0 Å². The molecule has 0 fully saturated rings. The Labute approximate surface area is 127 Å². The Kier molecular flexibility index (Phi) is 4.62. The normalized spacial score (nSPS) is 21.4. The molecule has 1 aliphatic carbocycles. The van der Waals surface area contributed by atoms with Crippen molar-refractivity contribution in [2.24, 2.45) is 5.92 Å². The third-order valence-electron chi connectivity index (χ3n) is 3.41. The molecule has 0 aromatic heterocycles. The number of aromatic hydroxyl groups is 3. The van der Waals surface area contributed by atoms with Crippen molar-refractivity contribution in [3.8, 4) is 17.2 Å². The highest BCUT2D eigenvalue weighted by molar-refractivity contribution is 6.01. The minimum absolute atomic E-state index is 0.0204. The topological polar surface area (TPSA) is 104 Å². The summed E-state index contributed by atoms with van der Waals surface area (Å²) in [6.07, 6.45) is 5.01. The Balaban J connectivity index is 2.15. The molecule has 2 rings (SSSR count). The van der Waals surface area contributed by atoms with Crippen molar-refractivity contribution >= 4 is 17.6 Å². The number of methoxy groups -OCH3 is 1. The molecule has 6 nitrogen and oxygen atoms in total. The summed E-state index contributed by atoms with van der Waals surface area (Å²) >= 11 is 0. The lowest BCUT2D eigenvalue weighted by molar-refractivity contribution is -0.130. The maximum absolute atomic E-state index is 12.1. The van der Waals surface area contributed by atoms with E-state index in [4.69, 9.17) is 4.74 Å². The SMILES string of the molecule is COC1C=CC(C(=O)C=Cc2c(O)cc(O)cc2O)CC1=O. The van der Waals surface area contributed by atoms with Gasteiger partial charge in [0.2, 0.25) is 0 Å². The van der Waals surface area contributed by atoms with E-state index >= 15 is 0 Å². The predicted octanol–water partition coefficient (Wildman–Crippen LogP) is 1.55. The number of hydrogen-bond acceptors (Lipinski definition) is 6. The Morgan fingerprint density at radius 2 is 1.86 bits per heavy atom. The third-order valence-corrected chi connectivity index (χ3v) is 3.41.